The van der Waals surface area contributed by atoms with Crippen LogP contribution in [-0.4, -0.2) is 70.2 Å². The third kappa shape index (κ3) is 5.90. The topological polar surface area (TPSA) is 116 Å². The summed E-state index contributed by atoms with van der Waals surface area (Å²) in [6, 6.07) is 11.1. The first-order valence-electron chi connectivity index (χ1n) is 11.9. The molecule has 2 aromatic carbocycles. The molecule has 0 bridgehead atoms. The average Bonchev–Trinajstić information content (AvgIpc) is 3.01. The van der Waals surface area contributed by atoms with Crippen molar-refractivity contribution in [3.8, 4) is 5.75 Å². The fourth-order valence-corrected chi connectivity index (χ4v) is 4.61. The first kappa shape index (κ1) is 28.0. The van der Waals surface area contributed by atoms with Gasteiger partial charge in [0.05, 0.1) is 18.0 Å². The van der Waals surface area contributed by atoms with E-state index in [1.54, 1.807) is 30.3 Å². The number of hydrogen-bond acceptors (Lipinski definition) is 5. The van der Waals surface area contributed by atoms with Crippen LogP contribution >= 0.6 is 0 Å². The van der Waals surface area contributed by atoms with Crippen molar-refractivity contribution in [3.05, 3.63) is 65.2 Å². The van der Waals surface area contributed by atoms with Gasteiger partial charge >= 0.3 is 5.97 Å². The second-order valence-corrected chi connectivity index (χ2v) is 9.95. The normalized spacial score (nSPS) is 19.6. The van der Waals surface area contributed by atoms with Gasteiger partial charge in [0.25, 0.3) is 17.7 Å². The van der Waals surface area contributed by atoms with Gasteiger partial charge in [-0.25, -0.2) is 13.6 Å². The van der Waals surface area contributed by atoms with Crippen LogP contribution in [0.2, 0.25) is 0 Å². The number of benzene rings is 2. The van der Waals surface area contributed by atoms with Crippen LogP contribution in [0.1, 0.15) is 30.5 Å². The summed E-state index contributed by atoms with van der Waals surface area (Å²) in [5.41, 5.74) is 0.241. The average molecular weight is 519 g/mol. The molecule has 0 aromatic heterocycles. The first-order valence-corrected chi connectivity index (χ1v) is 11.9. The number of halogens is 2. The molecule has 0 aliphatic carbocycles. The molecule has 3 atom stereocenters. The minimum atomic E-state index is -3.50. The molecule has 0 saturated carbocycles. The summed E-state index contributed by atoms with van der Waals surface area (Å²) >= 11 is 0. The molecule has 10 heteroatoms. The number of likely N-dealkylation sites (tertiary alicyclic amines) is 1. The summed E-state index contributed by atoms with van der Waals surface area (Å²) in [4.78, 5) is 38.3. The molecule has 37 heavy (non-hydrogen) atoms. The second-order valence-electron chi connectivity index (χ2n) is 9.95. The van der Waals surface area contributed by atoms with Crippen LogP contribution in [0, 0.1) is 19.3 Å². The van der Waals surface area contributed by atoms with E-state index in [1.807, 2.05) is 32.0 Å². The Hall–Kier alpha value is -3.53. The molecule has 2 amide bonds. The minimum absolute atomic E-state index is 0.00571. The molecule has 200 valence electrons. The number of rotatable bonds is 9. The first-order chi connectivity index (χ1) is 17.3. The predicted molar refractivity (Wildman–Crippen MR) is 131 cm³/mol. The number of carbonyl (C=O) groups excluding carboxylic acids is 2. The highest BCUT2D eigenvalue weighted by Crippen LogP contribution is 2.48. The lowest BCUT2D eigenvalue weighted by Crippen LogP contribution is -2.56. The van der Waals surface area contributed by atoms with Crippen molar-refractivity contribution >= 4 is 17.8 Å². The van der Waals surface area contributed by atoms with Crippen molar-refractivity contribution in [1.82, 2.24) is 10.2 Å². The van der Waals surface area contributed by atoms with Crippen LogP contribution < -0.4 is 10.1 Å². The van der Waals surface area contributed by atoms with Gasteiger partial charge in [-0.15, -0.1) is 0 Å². The van der Waals surface area contributed by atoms with Crippen molar-refractivity contribution in [3.63, 3.8) is 0 Å². The molecule has 0 unspecified atom stereocenters. The van der Waals surface area contributed by atoms with Crippen LogP contribution in [0.5, 0.6) is 5.75 Å². The predicted octanol–water partition coefficient (Wildman–Crippen LogP) is 2.73. The summed E-state index contributed by atoms with van der Waals surface area (Å²) in [5.74, 6) is -6.41. The van der Waals surface area contributed by atoms with Gasteiger partial charge in [0.1, 0.15) is 11.8 Å². The lowest BCUT2D eigenvalue weighted by Gasteiger charge is -2.32. The molecule has 2 aromatic rings. The second kappa shape index (κ2) is 10.8. The van der Waals surface area contributed by atoms with Crippen molar-refractivity contribution < 1.29 is 38.1 Å². The van der Waals surface area contributed by atoms with Crippen molar-refractivity contribution in [2.75, 3.05) is 13.2 Å². The molecule has 3 N–H and O–H groups in total. The molecule has 1 fully saturated rings. The molecule has 1 saturated heterocycles. The fraction of sp³-hybridized carbons (Fsp3) is 0.444. The maximum Gasteiger partial charge on any atom is 0.327 e. The van der Waals surface area contributed by atoms with Gasteiger partial charge < -0.3 is 25.2 Å². The number of aliphatic hydroxyl groups excluding tert-OH is 1. The van der Waals surface area contributed by atoms with E-state index in [1.165, 1.54) is 0 Å². The summed E-state index contributed by atoms with van der Waals surface area (Å²) in [7, 11) is 0. The molecule has 8 nitrogen and oxygen atoms in total. The van der Waals surface area contributed by atoms with Gasteiger partial charge in [-0.2, -0.15) is 0 Å². The number of hydrogen-bond donors (Lipinski definition) is 3. The Morgan fingerprint density at radius 2 is 1.68 bits per heavy atom. The Bertz CT molecular complexity index is 1130. The Labute approximate surface area is 214 Å². The number of ether oxygens (including phenoxy) is 1. The van der Waals surface area contributed by atoms with Crippen molar-refractivity contribution in [2.45, 2.75) is 58.2 Å². The Morgan fingerprint density at radius 1 is 1.08 bits per heavy atom. The highest BCUT2D eigenvalue weighted by atomic mass is 19.3. The quantitative estimate of drug-likeness (QED) is 0.470. The molecule has 0 spiro atoms. The number of aliphatic hydroxyl groups is 1. The highest BCUT2D eigenvalue weighted by molar-refractivity contribution is 5.89. The zero-order chi connectivity index (χ0) is 27.5. The van der Waals surface area contributed by atoms with Crippen LogP contribution in [0.15, 0.2) is 48.5 Å². The van der Waals surface area contributed by atoms with Crippen LogP contribution in [0.3, 0.4) is 0 Å². The molecule has 0 radical (unpaired) electrons. The van der Waals surface area contributed by atoms with Crippen molar-refractivity contribution in [2.24, 2.45) is 5.41 Å². The minimum Gasteiger partial charge on any atom is -0.483 e. The number of aliphatic carboxylic acids is 1. The summed E-state index contributed by atoms with van der Waals surface area (Å²) < 4.78 is 35.0. The number of para-hydroxylation sites is 1. The summed E-state index contributed by atoms with van der Waals surface area (Å²) in [6.07, 6.45) is -1.98. The van der Waals surface area contributed by atoms with E-state index in [-0.39, 0.29) is 6.42 Å². The Kier molecular flexibility index (Phi) is 8.22. The smallest absolute Gasteiger partial charge is 0.327 e. The number of alkyl halides is 2. The Morgan fingerprint density at radius 3 is 2.24 bits per heavy atom. The lowest BCUT2D eigenvalue weighted by atomic mass is 9.81. The third-order valence-electron chi connectivity index (χ3n) is 6.86. The highest BCUT2D eigenvalue weighted by Gasteiger charge is 2.65. The third-order valence-corrected chi connectivity index (χ3v) is 6.86. The van der Waals surface area contributed by atoms with Gasteiger partial charge in [-0.3, -0.25) is 9.59 Å². The van der Waals surface area contributed by atoms with E-state index in [0.717, 1.165) is 25.0 Å². The Balaban J connectivity index is 1.82. The zero-order valence-corrected chi connectivity index (χ0v) is 21.2. The number of amides is 2. The van der Waals surface area contributed by atoms with E-state index in [9.17, 15) is 33.4 Å². The molecular formula is C27H32F2N2O6. The number of carbonyl (C=O) groups is 3. The molecular weight excluding hydrogens is 486 g/mol. The van der Waals surface area contributed by atoms with Crippen LogP contribution in [0.25, 0.3) is 0 Å². The van der Waals surface area contributed by atoms with Crippen LogP contribution in [-0.2, 0) is 20.8 Å². The van der Waals surface area contributed by atoms with E-state index < -0.39 is 60.5 Å². The van der Waals surface area contributed by atoms with E-state index in [4.69, 9.17) is 4.74 Å². The number of aryl methyl sites for hydroxylation is 2. The van der Waals surface area contributed by atoms with E-state index >= 15 is 0 Å². The van der Waals surface area contributed by atoms with Gasteiger partial charge in [0.2, 0.25) is 0 Å². The van der Waals surface area contributed by atoms with Gasteiger partial charge in [-0.05, 0) is 37.0 Å². The van der Waals surface area contributed by atoms with E-state index in [0.29, 0.717) is 16.2 Å². The SMILES string of the molecule is Cc1cccc(C)c1OCC(=O)N[C@@H](Cc1ccccc1)[C@H](O)C(=O)N1CC(F)(F)C(C)(C)[C@H]1C(=O)O. The van der Waals surface area contributed by atoms with Gasteiger partial charge in [-0.1, -0.05) is 62.4 Å². The van der Waals surface area contributed by atoms with Crippen LogP contribution in [0.4, 0.5) is 8.78 Å². The standard InChI is InChI=1S/C27H32F2N2O6/c1-16-9-8-10-17(2)22(16)37-14-20(32)30-19(13-18-11-6-5-7-12-18)21(33)24(34)31-15-27(28,29)26(3,4)23(31)25(35)36/h5-12,19,21,23,33H,13-15H2,1-4H3,(H,30,32)(H,35,36)/t19-,21-,23+/m0/s1. The molecule has 3 rings (SSSR count). The molecule has 1 aliphatic heterocycles. The monoisotopic (exact) mass is 518 g/mol. The fourth-order valence-electron chi connectivity index (χ4n) is 4.61. The zero-order valence-electron chi connectivity index (χ0n) is 21.2. The van der Waals surface area contributed by atoms with Gasteiger partial charge in [0.15, 0.2) is 12.7 Å². The maximum absolute atomic E-state index is 14.7. The molecule has 1 heterocycles. The lowest BCUT2D eigenvalue weighted by molar-refractivity contribution is -0.156. The van der Waals surface area contributed by atoms with E-state index in [2.05, 4.69) is 5.32 Å². The largest absolute Gasteiger partial charge is 0.483 e. The number of nitrogens with one attached hydrogen (secondary N) is 1. The maximum atomic E-state index is 14.7. The number of carboxylic acids is 1. The molecule has 1 aliphatic rings. The number of nitrogens with zero attached hydrogens (tertiary/aromatic N) is 1. The van der Waals surface area contributed by atoms with Crippen molar-refractivity contribution in [1.29, 1.82) is 0 Å². The number of carboxylic acid groups (broad SMARTS) is 1. The summed E-state index contributed by atoms with van der Waals surface area (Å²) in [6.45, 7) is 4.22. The summed E-state index contributed by atoms with van der Waals surface area (Å²) in [5, 5.41) is 23.2. The van der Waals surface area contributed by atoms with Gasteiger partial charge in [0, 0.05) is 0 Å².